The van der Waals surface area contributed by atoms with Gasteiger partial charge in [-0.25, -0.2) is 0 Å². The van der Waals surface area contributed by atoms with Gasteiger partial charge in [0.15, 0.2) is 0 Å². The van der Waals surface area contributed by atoms with Crippen LogP contribution in [0.5, 0.6) is 0 Å². The van der Waals surface area contributed by atoms with Crippen LogP contribution in [0.3, 0.4) is 0 Å². The first-order valence-electron chi connectivity index (χ1n) is 7.52. The highest BCUT2D eigenvalue weighted by atomic mass is 16.3. The molecule has 0 aromatic heterocycles. The van der Waals surface area contributed by atoms with Gasteiger partial charge in [0.05, 0.1) is 5.60 Å². The average molecular weight is 270 g/mol. The molecule has 1 aliphatic heterocycles. The molecule has 1 amide bonds. The monoisotopic (exact) mass is 270 g/mol. The standard InChI is InChI=1S/C15H30N2O2/c1-12(6-5-9-15(3,4)19)16-14-7-10-17(11-8-14)13(2)18/h12,14,16,19H,5-11H2,1-4H3/t12-/m1/s1. The lowest BCUT2D eigenvalue weighted by Gasteiger charge is -2.33. The van der Waals surface area contributed by atoms with Crippen LogP contribution in [0.25, 0.3) is 0 Å². The molecular formula is C15H30N2O2. The summed E-state index contributed by atoms with van der Waals surface area (Å²) in [6.07, 6.45) is 5.09. The van der Waals surface area contributed by atoms with Crippen molar-refractivity contribution >= 4 is 5.91 Å². The third kappa shape index (κ3) is 6.92. The number of amides is 1. The Hall–Kier alpha value is -0.610. The van der Waals surface area contributed by atoms with E-state index in [1.807, 2.05) is 18.7 Å². The molecule has 112 valence electrons. The highest BCUT2D eigenvalue weighted by Gasteiger charge is 2.21. The fourth-order valence-corrected chi connectivity index (χ4v) is 2.69. The molecule has 2 N–H and O–H groups in total. The van der Waals surface area contributed by atoms with Gasteiger partial charge in [-0.2, -0.15) is 0 Å². The van der Waals surface area contributed by atoms with E-state index < -0.39 is 5.60 Å². The number of piperidine rings is 1. The number of rotatable bonds is 6. The molecule has 0 saturated carbocycles. The van der Waals surface area contributed by atoms with Crippen LogP contribution in [-0.2, 0) is 4.79 Å². The number of likely N-dealkylation sites (tertiary alicyclic amines) is 1. The van der Waals surface area contributed by atoms with Crippen molar-refractivity contribution in [2.45, 2.75) is 77.5 Å². The van der Waals surface area contributed by atoms with Gasteiger partial charge < -0.3 is 15.3 Å². The Kier molecular flexibility index (Phi) is 6.27. The minimum absolute atomic E-state index is 0.191. The Labute approximate surface area is 117 Å². The van der Waals surface area contributed by atoms with Crippen LogP contribution in [-0.4, -0.2) is 46.7 Å². The van der Waals surface area contributed by atoms with Gasteiger partial charge in [0.25, 0.3) is 0 Å². The molecule has 1 heterocycles. The van der Waals surface area contributed by atoms with Crippen LogP contribution in [0, 0.1) is 0 Å². The van der Waals surface area contributed by atoms with Crippen molar-refractivity contribution in [2.75, 3.05) is 13.1 Å². The summed E-state index contributed by atoms with van der Waals surface area (Å²) in [4.78, 5) is 13.2. The van der Waals surface area contributed by atoms with Gasteiger partial charge >= 0.3 is 0 Å². The van der Waals surface area contributed by atoms with E-state index in [2.05, 4.69) is 12.2 Å². The summed E-state index contributed by atoms with van der Waals surface area (Å²) in [6.45, 7) is 9.34. The van der Waals surface area contributed by atoms with Crippen LogP contribution in [0.15, 0.2) is 0 Å². The van der Waals surface area contributed by atoms with Crippen LogP contribution < -0.4 is 5.32 Å². The molecule has 0 aromatic rings. The maximum Gasteiger partial charge on any atom is 0.219 e. The molecule has 0 aliphatic carbocycles. The van der Waals surface area contributed by atoms with Crippen LogP contribution in [0.4, 0.5) is 0 Å². The number of hydrogen-bond acceptors (Lipinski definition) is 3. The maximum absolute atomic E-state index is 11.2. The molecule has 0 spiro atoms. The van der Waals surface area contributed by atoms with E-state index in [0.717, 1.165) is 45.2 Å². The van der Waals surface area contributed by atoms with E-state index >= 15 is 0 Å². The minimum Gasteiger partial charge on any atom is -0.390 e. The Balaban J connectivity index is 2.16. The van der Waals surface area contributed by atoms with E-state index in [4.69, 9.17) is 0 Å². The molecule has 1 rings (SSSR count). The number of nitrogens with zero attached hydrogens (tertiary/aromatic N) is 1. The third-order valence-electron chi connectivity index (χ3n) is 3.89. The van der Waals surface area contributed by atoms with Gasteiger partial charge in [0.2, 0.25) is 5.91 Å². The average Bonchev–Trinajstić information content (AvgIpc) is 2.27. The van der Waals surface area contributed by atoms with Crippen LogP contribution in [0.1, 0.15) is 59.8 Å². The van der Waals surface area contributed by atoms with Crippen molar-refractivity contribution in [1.29, 1.82) is 0 Å². The first kappa shape index (κ1) is 16.4. The van der Waals surface area contributed by atoms with Gasteiger partial charge in [0, 0.05) is 32.1 Å². The van der Waals surface area contributed by atoms with Crippen molar-refractivity contribution in [1.82, 2.24) is 10.2 Å². The largest absolute Gasteiger partial charge is 0.390 e. The first-order valence-corrected chi connectivity index (χ1v) is 7.52. The summed E-state index contributed by atoms with van der Waals surface area (Å²) in [5.41, 5.74) is -0.549. The maximum atomic E-state index is 11.2. The molecule has 1 fully saturated rings. The van der Waals surface area contributed by atoms with Crippen molar-refractivity contribution < 1.29 is 9.90 Å². The predicted molar refractivity (Wildman–Crippen MR) is 78.0 cm³/mol. The molecule has 0 radical (unpaired) electrons. The Morgan fingerprint density at radius 3 is 2.47 bits per heavy atom. The normalized spacial score (nSPS) is 19.5. The van der Waals surface area contributed by atoms with E-state index in [1.54, 1.807) is 6.92 Å². The fraction of sp³-hybridized carbons (Fsp3) is 0.933. The number of nitrogens with one attached hydrogen (secondary N) is 1. The van der Waals surface area contributed by atoms with Gasteiger partial charge in [-0.05, 0) is 52.9 Å². The topological polar surface area (TPSA) is 52.6 Å². The molecule has 4 heteroatoms. The van der Waals surface area contributed by atoms with Gasteiger partial charge in [-0.15, -0.1) is 0 Å². The summed E-state index contributed by atoms with van der Waals surface area (Å²) >= 11 is 0. The number of hydrogen-bond donors (Lipinski definition) is 2. The zero-order chi connectivity index (χ0) is 14.5. The smallest absolute Gasteiger partial charge is 0.219 e. The second kappa shape index (κ2) is 7.25. The second-order valence-corrected chi connectivity index (χ2v) is 6.55. The Morgan fingerprint density at radius 1 is 1.42 bits per heavy atom. The first-order chi connectivity index (χ1) is 8.78. The fourth-order valence-electron chi connectivity index (χ4n) is 2.69. The summed E-state index contributed by atoms with van der Waals surface area (Å²) in [7, 11) is 0. The minimum atomic E-state index is -0.549. The molecule has 0 bridgehead atoms. The summed E-state index contributed by atoms with van der Waals surface area (Å²) in [6, 6.07) is 1.02. The van der Waals surface area contributed by atoms with Gasteiger partial charge in [-0.1, -0.05) is 0 Å². The van der Waals surface area contributed by atoms with Crippen LogP contribution >= 0.6 is 0 Å². The molecule has 4 nitrogen and oxygen atoms in total. The van der Waals surface area contributed by atoms with Crippen LogP contribution in [0.2, 0.25) is 0 Å². The Morgan fingerprint density at radius 2 is 2.00 bits per heavy atom. The summed E-state index contributed by atoms with van der Waals surface area (Å²) < 4.78 is 0. The molecule has 19 heavy (non-hydrogen) atoms. The van der Waals surface area contributed by atoms with Crippen molar-refractivity contribution in [3.8, 4) is 0 Å². The second-order valence-electron chi connectivity index (χ2n) is 6.55. The zero-order valence-corrected chi connectivity index (χ0v) is 12.9. The number of aliphatic hydroxyl groups is 1. The lowest BCUT2D eigenvalue weighted by molar-refractivity contribution is -0.129. The predicted octanol–water partition coefficient (Wildman–Crippen LogP) is 1.92. The quantitative estimate of drug-likeness (QED) is 0.775. The molecule has 1 atom stereocenters. The van der Waals surface area contributed by atoms with Crippen molar-refractivity contribution in [2.24, 2.45) is 0 Å². The SMILES string of the molecule is CC(=O)N1CCC(N[C@H](C)CCCC(C)(C)O)CC1. The van der Waals surface area contributed by atoms with E-state index in [-0.39, 0.29) is 5.91 Å². The highest BCUT2D eigenvalue weighted by molar-refractivity contribution is 5.73. The molecule has 0 aromatic carbocycles. The Bertz CT molecular complexity index is 278. The van der Waals surface area contributed by atoms with Crippen molar-refractivity contribution in [3.05, 3.63) is 0 Å². The lowest BCUT2D eigenvalue weighted by Crippen LogP contribution is -2.46. The van der Waals surface area contributed by atoms with Gasteiger partial charge in [-0.3, -0.25) is 4.79 Å². The summed E-state index contributed by atoms with van der Waals surface area (Å²) in [5.74, 6) is 0.191. The lowest BCUT2D eigenvalue weighted by atomic mass is 9.98. The molecule has 1 aliphatic rings. The molecule has 0 unspecified atom stereocenters. The van der Waals surface area contributed by atoms with Gasteiger partial charge in [0.1, 0.15) is 0 Å². The zero-order valence-electron chi connectivity index (χ0n) is 12.9. The summed E-state index contributed by atoms with van der Waals surface area (Å²) in [5, 5.41) is 13.3. The van der Waals surface area contributed by atoms with E-state index in [1.165, 1.54) is 0 Å². The molecular weight excluding hydrogens is 240 g/mol. The van der Waals surface area contributed by atoms with E-state index in [0.29, 0.717) is 12.1 Å². The number of carbonyl (C=O) groups is 1. The van der Waals surface area contributed by atoms with E-state index in [9.17, 15) is 9.90 Å². The third-order valence-corrected chi connectivity index (χ3v) is 3.89. The number of carbonyl (C=O) groups excluding carboxylic acids is 1. The highest BCUT2D eigenvalue weighted by Crippen LogP contribution is 2.15. The molecule has 1 saturated heterocycles. The van der Waals surface area contributed by atoms with Crippen molar-refractivity contribution in [3.63, 3.8) is 0 Å².